The molecule has 2 aromatic heterocycles. The first-order valence-corrected chi connectivity index (χ1v) is 24.6. The maximum absolute atomic E-state index is 13.4. The number of carbonyl (C=O) groups excluding carboxylic acids is 2. The van der Waals surface area contributed by atoms with Gasteiger partial charge in [0, 0.05) is 37.2 Å². The summed E-state index contributed by atoms with van der Waals surface area (Å²) in [6.45, 7) is 5.41. The number of likely N-dealkylation sites (N-methyl/N-ethyl adjacent to an activating group) is 2. The van der Waals surface area contributed by atoms with Crippen molar-refractivity contribution in [3.8, 4) is 22.3 Å². The summed E-state index contributed by atoms with van der Waals surface area (Å²) in [5, 5.41) is 0.969. The summed E-state index contributed by atoms with van der Waals surface area (Å²) < 4.78 is 13.3. The number of hydrogen-bond donors (Lipinski definition) is 0. The molecule has 8 aromatic rings. The number of nitrogens with zero attached hydrogens (tertiary/aromatic N) is 6. The molecule has 14 heteroatoms. The number of benzene rings is 6. The molecule has 2 atom stereocenters. The fourth-order valence-corrected chi connectivity index (χ4v) is 9.92. The molecular weight excluding hydrogens is 924 g/mol. The normalized spacial score (nSPS) is 14.9. The molecule has 0 radical (unpaired) electrons. The molecule has 0 unspecified atom stereocenters. The zero-order valence-corrected chi connectivity index (χ0v) is 40.9. The number of oxazole rings is 2. The lowest BCUT2D eigenvalue weighted by atomic mass is 9.99. The van der Waals surface area contributed by atoms with Gasteiger partial charge in [-0.15, -0.1) is 0 Å². The number of amides is 2. The van der Waals surface area contributed by atoms with Gasteiger partial charge in [-0.05, 0) is 122 Å². The maximum Gasteiger partial charge on any atom is 0.420 e. The van der Waals surface area contributed by atoms with Crippen molar-refractivity contribution in [2.75, 3.05) is 53.4 Å². The highest BCUT2D eigenvalue weighted by Crippen LogP contribution is 2.30. The van der Waals surface area contributed by atoms with Crippen molar-refractivity contribution < 1.29 is 18.4 Å². The van der Waals surface area contributed by atoms with Crippen LogP contribution in [0.2, 0.25) is 10.0 Å². The van der Waals surface area contributed by atoms with Crippen molar-refractivity contribution in [2.24, 2.45) is 0 Å². The molecule has 10 rings (SSSR count). The molecule has 0 saturated carbocycles. The summed E-state index contributed by atoms with van der Waals surface area (Å²) in [5.74, 6) is -1.45. The number of likely N-dealkylation sites (tertiary alicyclic amines) is 2. The van der Waals surface area contributed by atoms with E-state index in [9.17, 15) is 19.2 Å². The van der Waals surface area contributed by atoms with Crippen molar-refractivity contribution >= 4 is 57.2 Å². The third-order valence-corrected chi connectivity index (χ3v) is 14.1. The Hall–Kier alpha value is -6.70. The highest BCUT2D eigenvalue weighted by atomic mass is 35.5. The predicted octanol–water partition coefficient (Wildman–Crippen LogP) is 10.4. The van der Waals surface area contributed by atoms with Crippen LogP contribution in [-0.4, -0.2) is 93.9 Å². The minimum Gasteiger partial charge on any atom is -0.408 e. The topological polar surface area (TPSA) is 117 Å². The van der Waals surface area contributed by atoms with Crippen LogP contribution in [-0.2, 0) is 22.7 Å². The molecule has 2 aliphatic heterocycles. The second-order valence-corrected chi connectivity index (χ2v) is 19.0. The fourth-order valence-electron chi connectivity index (χ4n) is 9.59. The second kappa shape index (κ2) is 21.9. The van der Waals surface area contributed by atoms with Gasteiger partial charge in [0.05, 0.1) is 23.1 Å². The SMILES string of the molecule is CN(C(=O)Cn1c(=O)oc2ccc(Cl)cc21)[C@@H](CN1CCCC1)c1ccc(-c2ccccc2)cc1.CN(C(=O)Cn1c(=O)oc2ccc(Cl)cc21)[C@H](CN1CCCC1)c1ccc(-c2ccccc2)cc1. The van der Waals surface area contributed by atoms with Crippen LogP contribution in [0.3, 0.4) is 0 Å². The molecule has 2 fully saturated rings. The zero-order chi connectivity index (χ0) is 48.7. The Morgan fingerprint density at radius 1 is 0.500 bits per heavy atom. The molecule has 0 bridgehead atoms. The number of carbonyl (C=O) groups is 2. The van der Waals surface area contributed by atoms with E-state index < -0.39 is 11.5 Å². The molecule has 12 nitrogen and oxygen atoms in total. The molecule has 6 aromatic carbocycles. The number of aromatic nitrogens is 2. The fraction of sp³-hybridized carbons (Fsp3) is 0.286. The van der Waals surface area contributed by atoms with Crippen LogP contribution in [0.5, 0.6) is 0 Å². The summed E-state index contributed by atoms with van der Waals surface area (Å²) in [4.78, 5) is 60.1. The molecule has 360 valence electrons. The van der Waals surface area contributed by atoms with Gasteiger partial charge in [0.1, 0.15) is 13.1 Å². The van der Waals surface area contributed by atoms with Crippen molar-refractivity contribution in [1.29, 1.82) is 0 Å². The summed E-state index contributed by atoms with van der Waals surface area (Å²) in [6.07, 6.45) is 4.70. The lowest BCUT2D eigenvalue weighted by molar-refractivity contribution is -0.134. The number of hydrogen-bond acceptors (Lipinski definition) is 8. The van der Waals surface area contributed by atoms with Gasteiger partial charge in [-0.1, -0.05) is 132 Å². The molecule has 0 aliphatic carbocycles. The maximum atomic E-state index is 13.4. The monoisotopic (exact) mass is 978 g/mol. The van der Waals surface area contributed by atoms with Crippen LogP contribution in [0.1, 0.15) is 48.9 Å². The first kappa shape index (κ1) is 48.3. The molecule has 0 spiro atoms. The average molecular weight is 980 g/mol. The van der Waals surface area contributed by atoms with Gasteiger partial charge in [0.2, 0.25) is 11.8 Å². The van der Waals surface area contributed by atoms with E-state index in [0.717, 1.165) is 72.6 Å². The third-order valence-electron chi connectivity index (χ3n) is 13.6. The van der Waals surface area contributed by atoms with E-state index in [1.165, 1.54) is 34.8 Å². The van der Waals surface area contributed by atoms with E-state index in [-0.39, 0.29) is 37.0 Å². The Bertz CT molecular complexity index is 2960. The van der Waals surface area contributed by atoms with E-state index >= 15 is 0 Å². The van der Waals surface area contributed by atoms with Crippen molar-refractivity contribution in [3.63, 3.8) is 0 Å². The predicted molar refractivity (Wildman–Crippen MR) is 277 cm³/mol. The smallest absolute Gasteiger partial charge is 0.408 e. The van der Waals surface area contributed by atoms with Crippen molar-refractivity contribution in [2.45, 2.75) is 50.9 Å². The Morgan fingerprint density at radius 2 is 0.843 bits per heavy atom. The lowest BCUT2D eigenvalue weighted by Gasteiger charge is -2.32. The van der Waals surface area contributed by atoms with Crippen LogP contribution in [0, 0.1) is 0 Å². The molecular formula is C56H56Cl2N6O6. The Morgan fingerprint density at radius 3 is 1.20 bits per heavy atom. The van der Waals surface area contributed by atoms with Crippen LogP contribution in [0.15, 0.2) is 164 Å². The first-order valence-electron chi connectivity index (χ1n) is 23.8. The van der Waals surface area contributed by atoms with Crippen LogP contribution >= 0.6 is 23.2 Å². The summed E-state index contributed by atoms with van der Waals surface area (Å²) in [6, 6.07) is 47.0. The van der Waals surface area contributed by atoms with E-state index in [0.29, 0.717) is 32.2 Å². The quantitative estimate of drug-likeness (QED) is 0.106. The third kappa shape index (κ3) is 11.2. The highest BCUT2D eigenvalue weighted by Gasteiger charge is 2.29. The van der Waals surface area contributed by atoms with Crippen molar-refractivity contribution in [1.82, 2.24) is 28.7 Å². The largest absolute Gasteiger partial charge is 0.420 e. The number of halogens is 2. The summed E-state index contributed by atoms with van der Waals surface area (Å²) in [5.41, 5.74) is 8.60. The van der Waals surface area contributed by atoms with Gasteiger partial charge < -0.3 is 28.4 Å². The molecule has 2 saturated heterocycles. The first-order chi connectivity index (χ1) is 34.0. The van der Waals surface area contributed by atoms with Gasteiger partial charge in [-0.25, -0.2) is 9.59 Å². The van der Waals surface area contributed by atoms with Crippen LogP contribution < -0.4 is 11.5 Å². The highest BCUT2D eigenvalue weighted by molar-refractivity contribution is 6.31. The molecule has 2 aliphatic rings. The molecule has 0 N–H and O–H groups in total. The van der Waals surface area contributed by atoms with Gasteiger partial charge in [0.25, 0.3) is 0 Å². The minimum absolute atomic E-state index is 0.110. The Balaban J connectivity index is 0.000000174. The van der Waals surface area contributed by atoms with E-state index in [4.69, 9.17) is 32.0 Å². The summed E-state index contributed by atoms with van der Waals surface area (Å²) >= 11 is 12.2. The lowest BCUT2D eigenvalue weighted by Crippen LogP contribution is -2.40. The molecule has 70 heavy (non-hydrogen) atoms. The zero-order valence-electron chi connectivity index (χ0n) is 39.4. The minimum atomic E-state index is -0.563. The Kier molecular flexibility index (Phi) is 15.1. The van der Waals surface area contributed by atoms with Gasteiger partial charge in [-0.2, -0.15) is 0 Å². The van der Waals surface area contributed by atoms with E-state index in [1.54, 1.807) is 46.2 Å². The van der Waals surface area contributed by atoms with Gasteiger partial charge >= 0.3 is 11.5 Å². The van der Waals surface area contributed by atoms with Gasteiger partial charge in [-0.3, -0.25) is 18.7 Å². The molecule has 4 heterocycles. The molecule has 2 amide bonds. The van der Waals surface area contributed by atoms with Crippen LogP contribution in [0.25, 0.3) is 44.5 Å². The number of fused-ring (bicyclic) bond motifs is 2. The number of rotatable bonds is 14. The van der Waals surface area contributed by atoms with Gasteiger partial charge in [0.15, 0.2) is 11.2 Å². The van der Waals surface area contributed by atoms with Crippen LogP contribution in [0.4, 0.5) is 0 Å². The second-order valence-electron chi connectivity index (χ2n) is 18.2. The summed E-state index contributed by atoms with van der Waals surface area (Å²) in [7, 11) is 3.63. The van der Waals surface area contributed by atoms with E-state index in [2.05, 4.69) is 82.6 Å². The standard InChI is InChI=1S/2C28H28ClN3O3/c2*1-30(27(33)19-32-24-17-23(29)13-14-26(24)35-28(32)34)25(18-31-15-5-6-16-31)22-11-9-21(10-12-22)20-7-3-2-4-8-20/h2*2-4,7-14,17,25H,5-6,15-16,18-19H2,1H3/t2*25-/m10/s1. The van der Waals surface area contributed by atoms with E-state index in [1.807, 2.05) is 50.5 Å². The Labute approximate surface area is 416 Å². The average Bonchev–Trinajstić information content (AvgIpc) is 4.22. The van der Waals surface area contributed by atoms with Crippen molar-refractivity contribution in [3.05, 3.63) is 188 Å².